The molecule has 0 spiro atoms. The maximum atomic E-state index is 6.23. The van der Waals surface area contributed by atoms with Gasteiger partial charge in [-0.1, -0.05) is 29.3 Å². The maximum Gasteiger partial charge on any atom is 0.189 e. The third kappa shape index (κ3) is 4.53. The summed E-state index contributed by atoms with van der Waals surface area (Å²) in [6.07, 6.45) is 5.27. The average molecular weight is 389 g/mol. The van der Waals surface area contributed by atoms with Gasteiger partial charge in [0, 0.05) is 28.6 Å². The summed E-state index contributed by atoms with van der Waals surface area (Å²) < 4.78 is 1.69. The molecule has 2 heterocycles. The minimum atomic E-state index is -0.0967. The van der Waals surface area contributed by atoms with Gasteiger partial charge in [-0.05, 0) is 48.4 Å². The molecule has 0 aliphatic carbocycles. The number of aromatic nitrogens is 3. The second-order valence-electron chi connectivity index (χ2n) is 5.71. The molecule has 0 radical (unpaired) electrons. The first kappa shape index (κ1) is 18.2. The second kappa shape index (κ2) is 8.21. The molecule has 1 unspecified atom stereocenters. The van der Waals surface area contributed by atoms with Gasteiger partial charge in [0.25, 0.3) is 0 Å². The van der Waals surface area contributed by atoms with Gasteiger partial charge >= 0.3 is 0 Å². The van der Waals surface area contributed by atoms with E-state index in [0.29, 0.717) is 22.5 Å². The van der Waals surface area contributed by atoms with E-state index in [-0.39, 0.29) is 6.04 Å². The molecular formula is C18H18Cl2N6. The van der Waals surface area contributed by atoms with Crippen molar-refractivity contribution in [1.29, 1.82) is 0 Å². The van der Waals surface area contributed by atoms with Crippen molar-refractivity contribution in [3.63, 3.8) is 0 Å². The number of nitrogens with zero attached hydrogens (tertiary/aromatic N) is 4. The molecule has 1 aromatic carbocycles. The van der Waals surface area contributed by atoms with Gasteiger partial charge in [-0.25, -0.2) is 14.7 Å². The van der Waals surface area contributed by atoms with Crippen molar-refractivity contribution >= 4 is 29.2 Å². The van der Waals surface area contributed by atoms with Crippen molar-refractivity contribution < 1.29 is 0 Å². The van der Waals surface area contributed by atoms with Crippen LogP contribution in [0.4, 0.5) is 0 Å². The normalized spacial score (nSPS) is 12.8. The van der Waals surface area contributed by atoms with Gasteiger partial charge in [-0.3, -0.25) is 0 Å². The van der Waals surface area contributed by atoms with Crippen molar-refractivity contribution in [2.45, 2.75) is 19.5 Å². The van der Waals surface area contributed by atoms with Gasteiger partial charge in [0.2, 0.25) is 0 Å². The first-order chi connectivity index (χ1) is 12.5. The zero-order chi connectivity index (χ0) is 18.5. The zero-order valence-corrected chi connectivity index (χ0v) is 15.6. The first-order valence-electron chi connectivity index (χ1n) is 7.99. The van der Waals surface area contributed by atoms with E-state index in [1.165, 1.54) is 0 Å². The fraction of sp³-hybridized carbons (Fsp3) is 0.167. The number of aliphatic imine (C=N–C) groups is 1. The number of guanidine groups is 1. The lowest BCUT2D eigenvalue weighted by Crippen LogP contribution is -2.34. The van der Waals surface area contributed by atoms with Crippen LogP contribution in [0.25, 0.3) is 5.82 Å². The number of nitrogens with one attached hydrogen (secondary N) is 1. The molecule has 2 aromatic heterocycles. The van der Waals surface area contributed by atoms with Crippen molar-refractivity contribution in [2.24, 2.45) is 10.7 Å². The van der Waals surface area contributed by atoms with E-state index < -0.39 is 0 Å². The highest BCUT2D eigenvalue weighted by atomic mass is 35.5. The van der Waals surface area contributed by atoms with E-state index in [1.807, 2.05) is 37.4 Å². The molecule has 134 valence electrons. The molecule has 6 nitrogen and oxygen atoms in total. The fourth-order valence-electron chi connectivity index (χ4n) is 2.46. The van der Waals surface area contributed by atoms with E-state index in [2.05, 4.69) is 20.4 Å². The lowest BCUT2D eigenvalue weighted by atomic mass is 10.1. The SMILES string of the molecule is CC(NC(N)=NCc1ccnc(-n2cccn2)c1)c1ccc(Cl)cc1Cl. The van der Waals surface area contributed by atoms with E-state index in [4.69, 9.17) is 28.9 Å². The van der Waals surface area contributed by atoms with E-state index in [9.17, 15) is 0 Å². The molecule has 0 bridgehead atoms. The van der Waals surface area contributed by atoms with Crippen molar-refractivity contribution in [3.8, 4) is 5.82 Å². The van der Waals surface area contributed by atoms with Crippen LogP contribution >= 0.6 is 23.2 Å². The summed E-state index contributed by atoms with van der Waals surface area (Å²) in [5, 5.41) is 8.49. The predicted molar refractivity (Wildman–Crippen MR) is 105 cm³/mol. The monoisotopic (exact) mass is 388 g/mol. The van der Waals surface area contributed by atoms with Gasteiger partial charge in [-0.15, -0.1) is 0 Å². The number of nitrogens with two attached hydrogens (primary N) is 1. The van der Waals surface area contributed by atoms with Crippen molar-refractivity contribution in [2.75, 3.05) is 0 Å². The number of rotatable bonds is 5. The zero-order valence-electron chi connectivity index (χ0n) is 14.1. The van der Waals surface area contributed by atoms with Gasteiger partial charge in [0.05, 0.1) is 12.6 Å². The molecule has 3 aromatic rings. The van der Waals surface area contributed by atoms with Crippen LogP contribution in [0.5, 0.6) is 0 Å². The fourth-order valence-corrected chi connectivity index (χ4v) is 3.04. The van der Waals surface area contributed by atoms with Crippen LogP contribution in [-0.4, -0.2) is 20.7 Å². The Balaban J connectivity index is 1.66. The predicted octanol–water partition coefficient (Wildman–Crippen LogP) is 3.74. The summed E-state index contributed by atoms with van der Waals surface area (Å²) in [4.78, 5) is 8.68. The van der Waals surface area contributed by atoms with Gasteiger partial charge < -0.3 is 11.1 Å². The quantitative estimate of drug-likeness (QED) is 0.515. The molecule has 0 saturated heterocycles. The lowest BCUT2D eigenvalue weighted by molar-refractivity contribution is 0.708. The Labute approximate surface area is 161 Å². The van der Waals surface area contributed by atoms with Gasteiger partial charge in [0.15, 0.2) is 11.8 Å². The van der Waals surface area contributed by atoms with Crippen LogP contribution in [-0.2, 0) is 6.54 Å². The number of halogens is 2. The maximum absolute atomic E-state index is 6.23. The molecule has 26 heavy (non-hydrogen) atoms. The summed E-state index contributed by atoms with van der Waals surface area (Å²) in [6.45, 7) is 2.39. The highest BCUT2D eigenvalue weighted by Gasteiger charge is 2.10. The summed E-state index contributed by atoms with van der Waals surface area (Å²) >= 11 is 12.2. The van der Waals surface area contributed by atoms with Crippen molar-refractivity contribution in [1.82, 2.24) is 20.1 Å². The molecule has 0 amide bonds. The van der Waals surface area contributed by atoms with Crippen LogP contribution in [0.2, 0.25) is 10.0 Å². The molecule has 0 fully saturated rings. The minimum Gasteiger partial charge on any atom is -0.370 e. The number of hydrogen-bond donors (Lipinski definition) is 2. The minimum absolute atomic E-state index is 0.0967. The Hall–Kier alpha value is -2.57. The Morgan fingerprint density at radius 3 is 2.85 bits per heavy atom. The molecule has 1 atom stereocenters. The molecule has 0 aliphatic rings. The summed E-state index contributed by atoms with van der Waals surface area (Å²) in [5.41, 5.74) is 7.89. The third-order valence-corrected chi connectivity index (χ3v) is 4.34. The largest absolute Gasteiger partial charge is 0.370 e. The Bertz CT molecular complexity index is 908. The number of pyridine rings is 1. The molecule has 3 N–H and O–H groups in total. The molecule has 3 rings (SSSR count). The topological polar surface area (TPSA) is 81.1 Å². The van der Waals surface area contributed by atoms with E-state index >= 15 is 0 Å². The molecule has 8 heteroatoms. The smallest absolute Gasteiger partial charge is 0.189 e. The lowest BCUT2D eigenvalue weighted by Gasteiger charge is -2.16. The van der Waals surface area contributed by atoms with Crippen LogP contribution in [0.3, 0.4) is 0 Å². The van der Waals surface area contributed by atoms with E-state index in [1.54, 1.807) is 29.2 Å². The summed E-state index contributed by atoms with van der Waals surface area (Å²) in [6, 6.07) is 10.9. The standard InChI is InChI=1S/C18H18Cl2N6/c1-12(15-4-3-14(19)10-16(15)20)25-18(21)23-11-13-5-7-22-17(9-13)26-8-2-6-24-26/h2-10,12H,11H2,1H3,(H3,21,23,25). The van der Waals surface area contributed by atoms with Crippen LogP contribution in [0, 0.1) is 0 Å². The van der Waals surface area contributed by atoms with Crippen LogP contribution < -0.4 is 11.1 Å². The number of hydrogen-bond acceptors (Lipinski definition) is 3. The molecule has 0 saturated carbocycles. The average Bonchev–Trinajstić information content (AvgIpc) is 3.15. The number of benzene rings is 1. The highest BCUT2D eigenvalue weighted by Crippen LogP contribution is 2.25. The second-order valence-corrected chi connectivity index (χ2v) is 6.55. The summed E-state index contributed by atoms with van der Waals surface area (Å²) in [7, 11) is 0. The van der Waals surface area contributed by atoms with Gasteiger partial charge in [0.1, 0.15) is 0 Å². The molecule has 0 aliphatic heterocycles. The Kier molecular flexibility index (Phi) is 5.75. The highest BCUT2D eigenvalue weighted by molar-refractivity contribution is 6.35. The third-order valence-electron chi connectivity index (χ3n) is 3.77. The Morgan fingerprint density at radius 2 is 2.12 bits per heavy atom. The Morgan fingerprint density at radius 1 is 1.27 bits per heavy atom. The summed E-state index contributed by atoms with van der Waals surface area (Å²) in [5.74, 6) is 1.07. The van der Waals surface area contributed by atoms with E-state index in [0.717, 1.165) is 16.9 Å². The van der Waals surface area contributed by atoms with Crippen LogP contribution in [0.1, 0.15) is 24.1 Å². The van der Waals surface area contributed by atoms with Crippen LogP contribution in [0.15, 0.2) is 60.0 Å². The van der Waals surface area contributed by atoms with Crippen molar-refractivity contribution in [3.05, 3.63) is 76.2 Å². The molecular weight excluding hydrogens is 371 g/mol. The van der Waals surface area contributed by atoms with Gasteiger partial charge in [-0.2, -0.15) is 5.10 Å². The first-order valence-corrected chi connectivity index (χ1v) is 8.75.